The van der Waals surface area contributed by atoms with Gasteiger partial charge in [-0.2, -0.15) is 0 Å². The molecule has 1 aromatic carbocycles. The summed E-state index contributed by atoms with van der Waals surface area (Å²) in [5.74, 6) is 1.48. The van der Waals surface area contributed by atoms with Gasteiger partial charge in [-0.3, -0.25) is 4.57 Å². The van der Waals surface area contributed by atoms with Gasteiger partial charge in [0, 0.05) is 28.7 Å². The smallest absolute Gasteiger partial charge is 0.164 e. The molecule has 0 fully saturated rings. The third kappa shape index (κ3) is 2.83. The van der Waals surface area contributed by atoms with Crippen molar-refractivity contribution >= 4 is 38.7 Å². The fourth-order valence-electron chi connectivity index (χ4n) is 2.39. The normalized spacial score (nSPS) is 11.2. The van der Waals surface area contributed by atoms with Gasteiger partial charge in [-0.25, -0.2) is 9.97 Å². The molecule has 3 aromatic rings. The molecule has 0 saturated carbocycles. The Hall–Kier alpha value is -1.39. The highest BCUT2D eigenvalue weighted by molar-refractivity contribution is 9.10. The van der Waals surface area contributed by atoms with Crippen LogP contribution in [0.15, 0.2) is 41.0 Å². The fourth-order valence-corrected chi connectivity index (χ4v) is 2.88. The molecule has 0 spiro atoms. The number of aryl methyl sites for hydroxylation is 2. The summed E-state index contributed by atoms with van der Waals surface area (Å²) in [7, 11) is 0. The average molecular weight is 365 g/mol. The summed E-state index contributed by atoms with van der Waals surface area (Å²) in [4.78, 5) is 9.18. The van der Waals surface area contributed by atoms with Crippen molar-refractivity contribution in [3.05, 3.63) is 52.4 Å². The van der Waals surface area contributed by atoms with E-state index < -0.39 is 0 Å². The van der Waals surface area contributed by atoms with Crippen LogP contribution in [0.5, 0.6) is 0 Å². The Morgan fingerprint density at radius 3 is 2.67 bits per heavy atom. The number of alkyl halides is 1. The van der Waals surface area contributed by atoms with Crippen molar-refractivity contribution in [1.29, 1.82) is 0 Å². The molecule has 3 rings (SSSR count). The third-order valence-corrected chi connectivity index (χ3v) is 4.08. The number of nitrogens with zero attached hydrogens (tertiary/aromatic N) is 3. The average Bonchev–Trinajstić information content (AvgIpc) is 2.85. The van der Waals surface area contributed by atoms with Gasteiger partial charge in [0.1, 0.15) is 11.3 Å². The first kappa shape index (κ1) is 14.5. The van der Waals surface area contributed by atoms with E-state index in [1.807, 2.05) is 6.07 Å². The maximum Gasteiger partial charge on any atom is 0.164 e. The monoisotopic (exact) mass is 363 g/mol. The zero-order valence-corrected chi connectivity index (χ0v) is 14.0. The zero-order chi connectivity index (χ0) is 14.8. The number of pyridine rings is 1. The van der Waals surface area contributed by atoms with Gasteiger partial charge in [0.15, 0.2) is 5.65 Å². The number of benzene rings is 1. The third-order valence-electron chi connectivity index (χ3n) is 3.45. The highest BCUT2D eigenvalue weighted by Gasteiger charge is 2.13. The van der Waals surface area contributed by atoms with E-state index >= 15 is 0 Å². The predicted octanol–water partition coefficient (Wildman–Crippen LogP) is 4.53. The Kier molecular flexibility index (Phi) is 4.27. The van der Waals surface area contributed by atoms with Crippen molar-refractivity contribution in [1.82, 2.24) is 14.5 Å². The molecule has 3 nitrogen and oxygen atoms in total. The van der Waals surface area contributed by atoms with Gasteiger partial charge in [-0.1, -0.05) is 19.1 Å². The summed E-state index contributed by atoms with van der Waals surface area (Å²) in [5.41, 5.74) is 4.13. The van der Waals surface area contributed by atoms with E-state index in [0.29, 0.717) is 12.3 Å². The Labute approximate surface area is 137 Å². The first-order valence-electron chi connectivity index (χ1n) is 6.91. The quantitative estimate of drug-likeness (QED) is 0.637. The van der Waals surface area contributed by atoms with Crippen molar-refractivity contribution in [3.8, 4) is 5.69 Å². The summed E-state index contributed by atoms with van der Waals surface area (Å²) < 4.78 is 3.02. The Bertz CT molecular complexity index is 765. The van der Waals surface area contributed by atoms with E-state index in [-0.39, 0.29) is 0 Å². The Balaban J connectivity index is 2.20. The number of hydrogen-bond acceptors (Lipinski definition) is 2. The van der Waals surface area contributed by atoms with Crippen LogP contribution < -0.4 is 0 Å². The number of rotatable bonds is 4. The number of hydrogen-bond donors (Lipinski definition) is 0. The minimum absolute atomic E-state index is 0.539. The van der Waals surface area contributed by atoms with E-state index in [4.69, 9.17) is 11.6 Å². The standard InChI is InChI=1S/C16H15BrClN3/c1-2-11-3-5-13(6-4-11)21-15(7-8-18)20-14-9-12(17)10-19-16(14)21/h3-6,9-10H,2,7-8H2,1H3. The second-order valence-electron chi connectivity index (χ2n) is 4.82. The second-order valence-corrected chi connectivity index (χ2v) is 6.11. The Morgan fingerprint density at radius 1 is 1.24 bits per heavy atom. The SMILES string of the molecule is CCc1ccc(-n2c(CCCl)nc3cc(Br)cnc32)cc1. The molecule has 21 heavy (non-hydrogen) atoms. The molecule has 0 N–H and O–H groups in total. The number of fused-ring (bicyclic) bond motifs is 1. The van der Waals surface area contributed by atoms with Gasteiger partial charge in [-0.15, -0.1) is 11.6 Å². The van der Waals surface area contributed by atoms with Gasteiger partial charge in [0.25, 0.3) is 0 Å². The largest absolute Gasteiger partial charge is 0.281 e. The van der Waals surface area contributed by atoms with E-state index in [1.54, 1.807) is 6.20 Å². The van der Waals surface area contributed by atoms with Crippen LogP contribution in [0.3, 0.4) is 0 Å². The maximum atomic E-state index is 5.92. The van der Waals surface area contributed by atoms with Crippen LogP contribution >= 0.6 is 27.5 Å². The molecule has 2 heterocycles. The van der Waals surface area contributed by atoms with Crippen molar-refractivity contribution in [3.63, 3.8) is 0 Å². The van der Waals surface area contributed by atoms with Gasteiger partial charge < -0.3 is 0 Å². The summed E-state index contributed by atoms with van der Waals surface area (Å²) >= 11 is 9.36. The van der Waals surface area contributed by atoms with E-state index in [0.717, 1.165) is 33.6 Å². The van der Waals surface area contributed by atoms with Crippen LogP contribution in [0.2, 0.25) is 0 Å². The molecule has 0 aliphatic rings. The number of aromatic nitrogens is 3. The van der Waals surface area contributed by atoms with Crippen LogP contribution in [-0.2, 0) is 12.8 Å². The molecule has 0 atom stereocenters. The molecule has 108 valence electrons. The van der Waals surface area contributed by atoms with Crippen LogP contribution in [0.1, 0.15) is 18.3 Å². The molecule has 0 bridgehead atoms. The molecule has 0 saturated heterocycles. The fraction of sp³-hybridized carbons (Fsp3) is 0.250. The lowest BCUT2D eigenvalue weighted by Crippen LogP contribution is -2.03. The number of imidazole rings is 1. The van der Waals surface area contributed by atoms with Crippen LogP contribution in [0.4, 0.5) is 0 Å². The Morgan fingerprint density at radius 2 is 2.00 bits per heavy atom. The highest BCUT2D eigenvalue weighted by Crippen LogP contribution is 2.23. The maximum absolute atomic E-state index is 5.92. The van der Waals surface area contributed by atoms with Crippen molar-refractivity contribution in [2.24, 2.45) is 0 Å². The lowest BCUT2D eigenvalue weighted by Gasteiger charge is -2.08. The lowest BCUT2D eigenvalue weighted by molar-refractivity contribution is 0.904. The minimum Gasteiger partial charge on any atom is -0.281 e. The topological polar surface area (TPSA) is 30.7 Å². The van der Waals surface area contributed by atoms with Crippen LogP contribution in [-0.4, -0.2) is 20.4 Å². The first-order chi connectivity index (χ1) is 10.2. The summed E-state index contributed by atoms with van der Waals surface area (Å²) in [6.45, 7) is 2.15. The van der Waals surface area contributed by atoms with E-state index in [1.165, 1.54) is 5.56 Å². The zero-order valence-electron chi connectivity index (χ0n) is 11.7. The predicted molar refractivity (Wildman–Crippen MR) is 90.4 cm³/mol. The van der Waals surface area contributed by atoms with Gasteiger partial charge in [0.05, 0.1) is 0 Å². The molecule has 5 heteroatoms. The summed E-state index contributed by atoms with van der Waals surface area (Å²) in [6.07, 6.45) is 3.54. The molecular formula is C16H15BrClN3. The molecule has 0 aliphatic carbocycles. The second kappa shape index (κ2) is 6.16. The molecule has 0 amide bonds. The van der Waals surface area contributed by atoms with Crippen molar-refractivity contribution in [2.45, 2.75) is 19.8 Å². The van der Waals surface area contributed by atoms with E-state index in [9.17, 15) is 0 Å². The van der Waals surface area contributed by atoms with Crippen LogP contribution in [0.25, 0.3) is 16.9 Å². The van der Waals surface area contributed by atoms with Crippen LogP contribution in [0, 0.1) is 0 Å². The van der Waals surface area contributed by atoms with E-state index in [2.05, 4.69) is 61.7 Å². The molecule has 2 aromatic heterocycles. The highest BCUT2D eigenvalue weighted by atomic mass is 79.9. The number of halogens is 2. The van der Waals surface area contributed by atoms with Gasteiger partial charge in [-0.05, 0) is 46.1 Å². The lowest BCUT2D eigenvalue weighted by atomic mass is 10.1. The first-order valence-corrected chi connectivity index (χ1v) is 8.24. The summed E-state index contributed by atoms with van der Waals surface area (Å²) in [5, 5.41) is 0. The van der Waals surface area contributed by atoms with Gasteiger partial charge in [0.2, 0.25) is 0 Å². The minimum atomic E-state index is 0.539. The summed E-state index contributed by atoms with van der Waals surface area (Å²) in [6, 6.07) is 10.5. The van der Waals surface area contributed by atoms with Crippen molar-refractivity contribution in [2.75, 3.05) is 5.88 Å². The molecule has 0 aliphatic heterocycles. The molecular weight excluding hydrogens is 350 g/mol. The molecule has 0 unspecified atom stereocenters. The van der Waals surface area contributed by atoms with Gasteiger partial charge >= 0.3 is 0 Å². The van der Waals surface area contributed by atoms with Crippen molar-refractivity contribution < 1.29 is 0 Å². The molecule has 0 radical (unpaired) electrons.